The highest BCUT2D eigenvalue weighted by Crippen LogP contribution is 2.27. The second-order valence-corrected chi connectivity index (χ2v) is 5.15. The van der Waals surface area contributed by atoms with Crippen molar-refractivity contribution in [3.63, 3.8) is 0 Å². The fraction of sp³-hybridized carbons (Fsp3) is 0.357. The molecule has 0 amide bonds. The molecule has 3 N–H and O–H groups in total. The number of hydrazine groups is 1. The third-order valence-corrected chi connectivity index (χ3v) is 3.88. The number of rotatable bonds is 5. The Hall–Kier alpha value is -1.50. The van der Waals surface area contributed by atoms with Crippen LogP contribution in [0, 0.1) is 11.6 Å². The molecule has 2 aromatic rings. The van der Waals surface area contributed by atoms with E-state index in [1.165, 1.54) is 12.1 Å². The van der Waals surface area contributed by atoms with Gasteiger partial charge >= 0.3 is 0 Å². The molecule has 21 heavy (non-hydrogen) atoms. The van der Waals surface area contributed by atoms with E-state index >= 15 is 0 Å². The van der Waals surface area contributed by atoms with Crippen molar-refractivity contribution >= 4 is 11.6 Å². The van der Waals surface area contributed by atoms with E-state index in [1.807, 2.05) is 6.92 Å². The molecule has 0 radical (unpaired) electrons. The van der Waals surface area contributed by atoms with Gasteiger partial charge in [0.1, 0.15) is 11.6 Å². The zero-order chi connectivity index (χ0) is 15.6. The second kappa shape index (κ2) is 6.51. The van der Waals surface area contributed by atoms with Gasteiger partial charge in [-0.15, -0.1) is 0 Å². The van der Waals surface area contributed by atoms with Crippen molar-refractivity contribution in [1.29, 1.82) is 0 Å². The van der Waals surface area contributed by atoms with Crippen LogP contribution in [-0.4, -0.2) is 9.78 Å². The summed E-state index contributed by atoms with van der Waals surface area (Å²) in [5.41, 5.74) is 4.37. The van der Waals surface area contributed by atoms with Crippen molar-refractivity contribution in [3.8, 4) is 0 Å². The van der Waals surface area contributed by atoms with Gasteiger partial charge in [0.25, 0.3) is 0 Å². The lowest BCUT2D eigenvalue weighted by Gasteiger charge is -2.17. The van der Waals surface area contributed by atoms with Gasteiger partial charge in [-0.1, -0.05) is 24.6 Å². The van der Waals surface area contributed by atoms with E-state index < -0.39 is 17.7 Å². The number of nitrogens with one attached hydrogen (secondary N) is 1. The van der Waals surface area contributed by atoms with Gasteiger partial charge in [-0.25, -0.2) is 8.78 Å². The van der Waals surface area contributed by atoms with E-state index in [9.17, 15) is 8.78 Å². The van der Waals surface area contributed by atoms with Crippen molar-refractivity contribution in [2.24, 2.45) is 12.9 Å². The molecule has 0 aliphatic heterocycles. The van der Waals surface area contributed by atoms with Crippen LogP contribution in [0.5, 0.6) is 0 Å². The van der Waals surface area contributed by atoms with E-state index in [4.69, 9.17) is 17.4 Å². The van der Waals surface area contributed by atoms with Gasteiger partial charge < -0.3 is 0 Å². The molecular weight excluding hydrogens is 298 g/mol. The van der Waals surface area contributed by atoms with Crippen molar-refractivity contribution in [3.05, 3.63) is 51.8 Å². The van der Waals surface area contributed by atoms with Crippen LogP contribution in [-0.2, 0) is 19.9 Å². The Bertz CT molecular complexity index is 642. The first-order valence-corrected chi connectivity index (χ1v) is 6.97. The largest absolute Gasteiger partial charge is 0.271 e. The zero-order valence-corrected chi connectivity index (χ0v) is 12.6. The highest BCUT2D eigenvalue weighted by molar-refractivity contribution is 6.31. The first-order valence-electron chi connectivity index (χ1n) is 6.59. The summed E-state index contributed by atoms with van der Waals surface area (Å²) in [5, 5.41) is 4.87. The number of hydrogen-bond acceptors (Lipinski definition) is 3. The molecule has 1 heterocycles. The summed E-state index contributed by atoms with van der Waals surface area (Å²) >= 11 is 6.28. The normalized spacial score (nSPS) is 12.7. The van der Waals surface area contributed by atoms with Crippen molar-refractivity contribution in [1.82, 2.24) is 15.2 Å². The number of hydrogen-bond donors (Lipinski definition) is 2. The summed E-state index contributed by atoms with van der Waals surface area (Å²) in [6.07, 6.45) is 1.06. The molecule has 0 aliphatic carbocycles. The summed E-state index contributed by atoms with van der Waals surface area (Å²) in [5.74, 6) is 4.24. The van der Waals surface area contributed by atoms with E-state index in [0.717, 1.165) is 17.5 Å². The van der Waals surface area contributed by atoms with E-state index in [-0.39, 0.29) is 5.56 Å². The predicted octanol–water partition coefficient (Wildman–Crippen LogP) is 2.66. The van der Waals surface area contributed by atoms with Gasteiger partial charge in [-0.05, 0) is 12.5 Å². The van der Waals surface area contributed by atoms with Crippen molar-refractivity contribution in [2.45, 2.75) is 25.8 Å². The molecule has 2 rings (SSSR count). The van der Waals surface area contributed by atoms with E-state index in [2.05, 4.69) is 10.5 Å². The van der Waals surface area contributed by atoms with Crippen LogP contribution in [0.1, 0.15) is 29.9 Å². The molecular formula is C14H17ClF2N4. The van der Waals surface area contributed by atoms with Gasteiger partial charge in [0, 0.05) is 25.1 Å². The standard InChI is InChI=1S/C14H17ClF2N4/c1-3-11-14(15)13(21(2)20-11)7-12(19-18)9-5-4-8(16)6-10(9)17/h4-6,12,19H,3,7,18H2,1-2H3. The predicted molar refractivity (Wildman–Crippen MR) is 77.7 cm³/mol. The topological polar surface area (TPSA) is 55.9 Å². The SMILES string of the molecule is CCc1nn(C)c(CC(NN)c2ccc(F)cc2F)c1Cl. The van der Waals surface area contributed by atoms with Crippen LogP contribution in [0.4, 0.5) is 8.78 Å². The average molecular weight is 315 g/mol. The lowest BCUT2D eigenvalue weighted by atomic mass is 10.0. The van der Waals surface area contributed by atoms with Crippen LogP contribution >= 0.6 is 11.6 Å². The van der Waals surface area contributed by atoms with Crippen LogP contribution < -0.4 is 11.3 Å². The molecule has 1 unspecified atom stereocenters. The first-order chi connectivity index (χ1) is 9.97. The molecule has 7 heteroatoms. The van der Waals surface area contributed by atoms with Gasteiger partial charge in [-0.3, -0.25) is 16.0 Å². The molecule has 0 saturated carbocycles. The minimum absolute atomic E-state index is 0.286. The Morgan fingerprint density at radius 1 is 1.43 bits per heavy atom. The molecule has 114 valence electrons. The monoisotopic (exact) mass is 314 g/mol. The third kappa shape index (κ3) is 3.23. The zero-order valence-electron chi connectivity index (χ0n) is 11.8. The molecule has 4 nitrogen and oxygen atoms in total. The Morgan fingerprint density at radius 3 is 2.67 bits per heavy atom. The van der Waals surface area contributed by atoms with Gasteiger partial charge in [0.05, 0.1) is 22.5 Å². The van der Waals surface area contributed by atoms with Crippen molar-refractivity contribution in [2.75, 3.05) is 0 Å². The molecule has 0 fully saturated rings. The fourth-order valence-electron chi connectivity index (χ4n) is 2.28. The summed E-state index contributed by atoms with van der Waals surface area (Å²) in [6.45, 7) is 1.95. The summed E-state index contributed by atoms with van der Waals surface area (Å²) < 4.78 is 28.5. The highest BCUT2D eigenvalue weighted by atomic mass is 35.5. The van der Waals surface area contributed by atoms with Crippen molar-refractivity contribution < 1.29 is 8.78 Å². The molecule has 1 aromatic carbocycles. The lowest BCUT2D eigenvalue weighted by molar-refractivity contribution is 0.491. The van der Waals surface area contributed by atoms with Crippen LogP contribution in [0.2, 0.25) is 5.02 Å². The maximum Gasteiger partial charge on any atom is 0.130 e. The molecule has 1 atom stereocenters. The molecule has 1 aromatic heterocycles. The Labute approximate surface area is 126 Å². The minimum Gasteiger partial charge on any atom is -0.271 e. The fourth-order valence-corrected chi connectivity index (χ4v) is 2.65. The summed E-state index contributed by atoms with van der Waals surface area (Å²) in [7, 11) is 1.77. The third-order valence-electron chi connectivity index (χ3n) is 3.44. The van der Waals surface area contributed by atoms with Gasteiger partial charge in [-0.2, -0.15) is 5.10 Å². The maximum absolute atomic E-state index is 13.9. The number of benzene rings is 1. The lowest BCUT2D eigenvalue weighted by Crippen LogP contribution is -2.31. The molecule has 0 aliphatic rings. The maximum atomic E-state index is 13.9. The van der Waals surface area contributed by atoms with E-state index in [1.54, 1.807) is 11.7 Å². The first kappa shape index (κ1) is 15.9. The Morgan fingerprint density at radius 2 is 2.14 bits per heavy atom. The Kier molecular flexibility index (Phi) is 4.92. The Balaban J connectivity index is 2.33. The number of aryl methyl sites for hydroxylation is 2. The van der Waals surface area contributed by atoms with Gasteiger partial charge in [0.15, 0.2) is 0 Å². The quantitative estimate of drug-likeness (QED) is 0.659. The van der Waals surface area contributed by atoms with E-state index in [0.29, 0.717) is 17.9 Å². The van der Waals surface area contributed by atoms with Crippen LogP contribution in [0.25, 0.3) is 0 Å². The summed E-state index contributed by atoms with van der Waals surface area (Å²) in [4.78, 5) is 0. The summed E-state index contributed by atoms with van der Waals surface area (Å²) in [6, 6.07) is 2.89. The number of nitrogens with two attached hydrogens (primary N) is 1. The molecule has 0 saturated heterocycles. The number of aromatic nitrogens is 2. The molecule has 0 spiro atoms. The number of nitrogens with zero attached hydrogens (tertiary/aromatic N) is 2. The number of halogens is 3. The highest BCUT2D eigenvalue weighted by Gasteiger charge is 2.21. The second-order valence-electron chi connectivity index (χ2n) is 4.77. The minimum atomic E-state index is -0.646. The van der Waals surface area contributed by atoms with Crippen LogP contribution in [0.15, 0.2) is 18.2 Å². The molecule has 0 bridgehead atoms. The van der Waals surface area contributed by atoms with Crippen LogP contribution in [0.3, 0.4) is 0 Å². The van der Waals surface area contributed by atoms with Gasteiger partial charge in [0.2, 0.25) is 0 Å². The average Bonchev–Trinajstić information content (AvgIpc) is 2.72. The smallest absolute Gasteiger partial charge is 0.130 e.